The van der Waals surface area contributed by atoms with E-state index in [0.717, 1.165) is 37.8 Å². The van der Waals surface area contributed by atoms with E-state index in [4.69, 9.17) is 9.72 Å². The van der Waals surface area contributed by atoms with Gasteiger partial charge in [-0.15, -0.1) is 11.3 Å². The molecule has 1 aromatic rings. The maximum absolute atomic E-state index is 5.72. The normalized spacial score (nSPS) is 18.6. The molecule has 0 spiro atoms. The average Bonchev–Trinajstić information content (AvgIpc) is 3.07. The standard InChI is InChI=1S/C16H29N3OS/c1-5-14-15(10-17-9-12(2)3)21-16(18-14)19(4)11-13-7-6-8-20-13/h12-13,17H,5-11H2,1-4H3. The Morgan fingerprint density at radius 2 is 2.29 bits per heavy atom. The second-order valence-electron chi connectivity index (χ2n) is 6.26. The second-order valence-corrected chi connectivity index (χ2v) is 7.32. The van der Waals surface area contributed by atoms with Crippen LogP contribution in [0.25, 0.3) is 0 Å². The molecular weight excluding hydrogens is 282 g/mol. The van der Waals surface area contributed by atoms with Crippen LogP contribution in [0.4, 0.5) is 5.13 Å². The van der Waals surface area contributed by atoms with Crippen molar-refractivity contribution in [2.45, 2.75) is 52.7 Å². The Hall–Kier alpha value is -0.650. The summed E-state index contributed by atoms with van der Waals surface area (Å²) in [6, 6.07) is 0. The number of anilines is 1. The van der Waals surface area contributed by atoms with Gasteiger partial charge in [-0.05, 0) is 31.7 Å². The van der Waals surface area contributed by atoms with Crippen molar-refractivity contribution in [3.05, 3.63) is 10.6 Å². The molecule has 5 heteroatoms. The summed E-state index contributed by atoms with van der Waals surface area (Å²) < 4.78 is 5.72. The molecule has 1 aliphatic rings. The van der Waals surface area contributed by atoms with Crippen molar-refractivity contribution in [1.82, 2.24) is 10.3 Å². The third-order valence-corrected chi connectivity index (χ3v) is 4.98. The van der Waals surface area contributed by atoms with Crippen LogP contribution in [0, 0.1) is 5.92 Å². The Balaban J connectivity index is 1.94. The second kappa shape index (κ2) is 8.11. The van der Waals surface area contributed by atoms with Crippen LogP contribution < -0.4 is 10.2 Å². The topological polar surface area (TPSA) is 37.4 Å². The van der Waals surface area contributed by atoms with Crippen molar-refractivity contribution in [3.8, 4) is 0 Å². The maximum Gasteiger partial charge on any atom is 0.185 e. The quantitative estimate of drug-likeness (QED) is 0.800. The van der Waals surface area contributed by atoms with E-state index in [1.165, 1.54) is 23.4 Å². The van der Waals surface area contributed by atoms with E-state index < -0.39 is 0 Å². The lowest BCUT2D eigenvalue weighted by molar-refractivity contribution is 0.116. The molecule has 2 rings (SSSR count). The number of ether oxygens (including phenoxy) is 1. The Bertz CT molecular complexity index is 427. The number of nitrogens with zero attached hydrogens (tertiary/aromatic N) is 2. The van der Waals surface area contributed by atoms with E-state index in [-0.39, 0.29) is 0 Å². The van der Waals surface area contributed by atoms with E-state index in [9.17, 15) is 0 Å². The average molecular weight is 311 g/mol. The molecular formula is C16H29N3OS. The van der Waals surface area contributed by atoms with E-state index in [1.807, 2.05) is 11.3 Å². The van der Waals surface area contributed by atoms with Gasteiger partial charge in [-0.25, -0.2) is 4.98 Å². The summed E-state index contributed by atoms with van der Waals surface area (Å²) in [5, 5.41) is 4.66. The SMILES string of the molecule is CCc1nc(N(C)CC2CCCO2)sc1CNCC(C)C. The molecule has 4 nitrogen and oxygen atoms in total. The van der Waals surface area contributed by atoms with Gasteiger partial charge in [-0.3, -0.25) is 0 Å². The molecule has 1 atom stereocenters. The molecule has 0 amide bonds. The molecule has 1 aliphatic heterocycles. The highest BCUT2D eigenvalue weighted by Gasteiger charge is 2.20. The van der Waals surface area contributed by atoms with Crippen molar-refractivity contribution in [2.75, 3.05) is 31.6 Å². The van der Waals surface area contributed by atoms with Crippen molar-refractivity contribution in [1.29, 1.82) is 0 Å². The van der Waals surface area contributed by atoms with Crippen molar-refractivity contribution in [3.63, 3.8) is 0 Å². The van der Waals surface area contributed by atoms with Gasteiger partial charge in [-0.2, -0.15) is 0 Å². The van der Waals surface area contributed by atoms with Gasteiger partial charge in [0.1, 0.15) is 0 Å². The number of hydrogen-bond donors (Lipinski definition) is 1. The first-order valence-electron chi connectivity index (χ1n) is 8.12. The zero-order valence-electron chi connectivity index (χ0n) is 13.8. The van der Waals surface area contributed by atoms with Crippen molar-refractivity contribution in [2.24, 2.45) is 5.92 Å². The van der Waals surface area contributed by atoms with Crippen LogP contribution in [0.2, 0.25) is 0 Å². The highest BCUT2D eigenvalue weighted by atomic mass is 32.1. The van der Waals surface area contributed by atoms with E-state index >= 15 is 0 Å². The van der Waals surface area contributed by atoms with Gasteiger partial charge in [0.05, 0.1) is 11.8 Å². The number of nitrogens with one attached hydrogen (secondary N) is 1. The van der Waals surface area contributed by atoms with Gasteiger partial charge in [0.15, 0.2) is 5.13 Å². The molecule has 1 N–H and O–H groups in total. The predicted molar refractivity (Wildman–Crippen MR) is 90.3 cm³/mol. The molecule has 2 heterocycles. The van der Waals surface area contributed by atoms with Gasteiger partial charge in [0, 0.05) is 31.6 Å². The first-order valence-corrected chi connectivity index (χ1v) is 8.93. The molecule has 1 aromatic heterocycles. The molecule has 1 saturated heterocycles. The zero-order chi connectivity index (χ0) is 15.2. The van der Waals surface area contributed by atoms with Crippen LogP contribution in [0.15, 0.2) is 0 Å². The summed E-state index contributed by atoms with van der Waals surface area (Å²) in [6.45, 7) is 10.5. The zero-order valence-corrected chi connectivity index (χ0v) is 14.6. The monoisotopic (exact) mass is 311 g/mol. The van der Waals surface area contributed by atoms with E-state index in [1.54, 1.807) is 0 Å². The highest BCUT2D eigenvalue weighted by Crippen LogP contribution is 2.27. The summed E-state index contributed by atoms with van der Waals surface area (Å²) in [6.07, 6.45) is 3.76. The minimum Gasteiger partial charge on any atom is -0.376 e. The number of aryl methyl sites for hydroxylation is 1. The van der Waals surface area contributed by atoms with Crippen LogP contribution in [0.3, 0.4) is 0 Å². The van der Waals surface area contributed by atoms with Gasteiger partial charge in [0.25, 0.3) is 0 Å². The van der Waals surface area contributed by atoms with Crippen LogP contribution in [0.1, 0.15) is 44.2 Å². The summed E-state index contributed by atoms with van der Waals surface area (Å²) in [5.41, 5.74) is 1.24. The Kier molecular flexibility index (Phi) is 6.45. The molecule has 0 aliphatic carbocycles. The molecule has 1 fully saturated rings. The minimum absolute atomic E-state index is 0.381. The molecule has 0 aromatic carbocycles. The number of rotatable bonds is 8. The molecule has 0 saturated carbocycles. The predicted octanol–water partition coefficient (Wildman–Crippen LogP) is 3.07. The fourth-order valence-electron chi connectivity index (χ4n) is 2.59. The summed E-state index contributed by atoms with van der Waals surface area (Å²) >= 11 is 1.82. The van der Waals surface area contributed by atoms with Gasteiger partial charge < -0.3 is 15.0 Å². The Labute approximate surface area is 132 Å². The third kappa shape index (κ3) is 4.94. The first-order chi connectivity index (χ1) is 10.1. The molecule has 0 bridgehead atoms. The van der Waals surface area contributed by atoms with Crippen LogP contribution in [0.5, 0.6) is 0 Å². The number of likely N-dealkylation sites (N-methyl/N-ethyl adjacent to an activating group) is 1. The summed E-state index contributed by atoms with van der Waals surface area (Å²) in [7, 11) is 2.13. The van der Waals surface area contributed by atoms with Crippen molar-refractivity contribution < 1.29 is 4.74 Å². The van der Waals surface area contributed by atoms with Gasteiger partial charge in [0.2, 0.25) is 0 Å². The number of aromatic nitrogens is 1. The fraction of sp³-hybridized carbons (Fsp3) is 0.812. The largest absolute Gasteiger partial charge is 0.376 e. The fourth-order valence-corrected chi connectivity index (χ4v) is 3.68. The van der Waals surface area contributed by atoms with Gasteiger partial charge >= 0.3 is 0 Å². The van der Waals surface area contributed by atoms with Crippen LogP contribution in [-0.4, -0.2) is 37.8 Å². The minimum atomic E-state index is 0.381. The first kappa shape index (κ1) is 16.7. The van der Waals surface area contributed by atoms with Crippen LogP contribution >= 0.6 is 11.3 Å². The van der Waals surface area contributed by atoms with E-state index in [2.05, 4.69) is 38.0 Å². The van der Waals surface area contributed by atoms with Gasteiger partial charge in [-0.1, -0.05) is 20.8 Å². The lowest BCUT2D eigenvalue weighted by Gasteiger charge is -2.19. The molecule has 120 valence electrons. The number of thiazole rings is 1. The smallest absolute Gasteiger partial charge is 0.185 e. The third-order valence-electron chi connectivity index (χ3n) is 3.77. The lowest BCUT2D eigenvalue weighted by Crippen LogP contribution is -2.28. The van der Waals surface area contributed by atoms with E-state index in [0.29, 0.717) is 12.0 Å². The maximum atomic E-state index is 5.72. The lowest BCUT2D eigenvalue weighted by atomic mass is 10.2. The molecule has 1 unspecified atom stereocenters. The Morgan fingerprint density at radius 3 is 2.90 bits per heavy atom. The number of hydrogen-bond acceptors (Lipinski definition) is 5. The molecule has 0 radical (unpaired) electrons. The van der Waals surface area contributed by atoms with Crippen LogP contribution in [-0.2, 0) is 17.7 Å². The molecule has 21 heavy (non-hydrogen) atoms. The summed E-state index contributed by atoms with van der Waals surface area (Å²) in [4.78, 5) is 8.45. The highest BCUT2D eigenvalue weighted by molar-refractivity contribution is 7.15. The Morgan fingerprint density at radius 1 is 1.48 bits per heavy atom. The van der Waals surface area contributed by atoms with Crippen molar-refractivity contribution >= 4 is 16.5 Å². The summed E-state index contributed by atoms with van der Waals surface area (Å²) in [5.74, 6) is 0.685.